The van der Waals surface area contributed by atoms with Gasteiger partial charge in [0.05, 0.1) is 27.7 Å². The zero-order valence-corrected chi connectivity index (χ0v) is 57.0. The average molecular weight is 1200 g/mol. The van der Waals surface area contributed by atoms with Crippen molar-refractivity contribution in [3.8, 4) is 0 Å². The van der Waals surface area contributed by atoms with Crippen molar-refractivity contribution >= 4 is 19.8 Å². The molecule has 0 fully saturated rings. The number of likely N-dealkylation sites (N-methyl/N-ethyl adjacent to an activating group) is 1. The highest BCUT2D eigenvalue weighted by atomic mass is 31.2. The number of phosphoric acid groups is 1. The molecule has 0 aromatic rings. The van der Waals surface area contributed by atoms with Crippen molar-refractivity contribution in [3.63, 3.8) is 0 Å². The summed E-state index contributed by atoms with van der Waals surface area (Å²) in [5, 5.41) is 0. The predicted molar refractivity (Wildman–Crippen MR) is 360 cm³/mol. The lowest BCUT2D eigenvalue weighted by Crippen LogP contribution is -2.37. The van der Waals surface area contributed by atoms with Crippen LogP contribution in [0.15, 0.2) is 60.8 Å². The number of allylic oxidation sites excluding steroid dienone is 10. The predicted octanol–water partition coefficient (Wildman–Crippen LogP) is 22.8. The number of carbonyl (C=O) groups is 2. The van der Waals surface area contributed by atoms with Crippen LogP contribution in [0.25, 0.3) is 0 Å². The molecule has 0 radical (unpaired) electrons. The molecule has 0 saturated heterocycles. The van der Waals surface area contributed by atoms with Crippen molar-refractivity contribution < 1.29 is 42.1 Å². The normalized spacial score (nSPS) is 13.5. The lowest BCUT2D eigenvalue weighted by Gasteiger charge is -2.28. The first kappa shape index (κ1) is 81.7. The molecule has 0 aromatic heterocycles. The maximum absolute atomic E-state index is 12.9. The Labute approximate surface area is 521 Å². The van der Waals surface area contributed by atoms with E-state index in [2.05, 4.69) is 74.6 Å². The second-order valence-electron chi connectivity index (χ2n) is 25.6. The highest BCUT2D eigenvalue weighted by Crippen LogP contribution is 2.38. The van der Waals surface area contributed by atoms with E-state index < -0.39 is 26.5 Å². The summed E-state index contributed by atoms with van der Waals surface area (Å²) >= 11 is 0. The van der Waals surface area contributed by atoms with Crippen molar-refractivity contribution in [2.45, 2.75) is 354 Å². The van der Waals surface area contributed by atoms with E-state index in [4.69, 9.17) is 18.5 Å². The number of nitrogens with zero attached hydrogens (tertiary/aromatic N) is 1. The highest BCUT2D eigenvalue weighted by Gasteiger charge is 2.22. The van der Waals surface area contributed by atoms with E-state index in [1.165, 1.54) is 250 Å². The molecule has 0 aliphatic carbocycles. The molecule has 0 aliphatic rings. The molecule has 0 saturated carbocycles. The third kappa shape index (κ3) is 68.8. The van der Waals surface area contributed by atoms with Crippen LogP contribution in [0.5, 0.6) is 0 Å². The van der Waals surface area contributed by atoms with Gasteiger partial charge in [-0.05, 0) is 57.8 Å². The largest absolute Gasteiger partial charge is 0.756 e. The standard InChI is InChI=1S/C74H138NO8P/c1-6-8-10-12-14-16-18-20-22-24-26-27-28-29-30-31-32-33-34-35-36-37-38-39-40-41-42-43-44-45-46-47-49-51-53-55-57-59-61-63-65-67-74(77)83-72(71-82-84(78,79)81-69-68-75(3,4)5)70-80-73(76)66-64-62-60-58-56-54-52-50-48-25-23-21-19-17-15-13-11-9-7-2/h8,10,14,16,20,22,26-27,29-30,72H,6-7,9,11-13,15,17-19,21,23-25,28,31-71H2,1-5H3/b10-8-,16-14-,22-20-,27-26-,30-29-. The average Bonchev–Trinajstić information content (AvgIpc) is 3.61. The van der Waals surface area contributed by atoms with Gasteiger partial charge in [-0.2, -0.15) is 0 Å². The molecular weight excluding hydrogens is 1060 g/mol. The summed E-state index contributed by atoms with van der Waals surface area (Å²) in [7, 11) is 1.19. The van der Waals surface area contributed by atoms with E-state index in [0.29, 0.717) is 17.4 Å². The van der Waals surface area contributed by atoms with Crippen molar-refractivity contribution in [2.75, 3.05) is 47.5 Å². The van der Waals surface area contributed by atoms with Crippen molar-refractivity contribution in [2.24, 2.45) is 0 Å². The fourth-order valence-electron chi connectivity index (χ4n) is 10.6. The zero-order chi connectivity index (χ0) is 61.2. The fraction of sp³-hybridized carbons (Fsp3) is 0.838. The van der Waals surface area contributed by atoms with Gasteiger partial charge >= 0.3 is 11.9 Å². The lowest BCUT2D eigenvalue weighted by molar-refractivity contribution is -0.870. The van der Waals surface area contributed by atoms with Crippen LogP contribution in [0.4, 0.5) is 0 Å². The Morgan fingerprint density at radius 2 is 0.679 bits per heavy atom. The van der Waals surface area contributed by atoms with Crippen LogP contribution in [0.3, 0.4) is 0 Å². The zero-order valence-electron chi connectivity index (χ0n) is 56.1. The van der Waals surface area contributed by atoms with Gasteiger partial charge < -0.3 is 27.9 Å². The Morgan fingerprint density at radius 1 is 0.381 bits per heavy atom. The van der Waals surface area contributed by atoms with Crippen LogP contribution >= 0.6 is 7.82 Å². The first-order valence-corrected chi connectivity index (χ1v) is 37.5. The Hall–Kier alpha value is -2.29. The first-order chi connectivity index (χ1) is 41.0. The van der Waals surface area contributed by atoms with Crippen molar-refractivity contribution in [1.82, 2.24) is 0 Å². The van der Waals surface area contributed by atoms with E-state index in [-0.39, 0.29) is 32.0 Å². The Bertz CT molecular complexity index is 1600. The number of rotatable bonds is 67. The lowest BCUT2D eigenvalue weighted by atomic mass is 10.0. The van der Waals surface area contributed by atoms with E-state index >= 15 is 0 Å². The van der Waals surface area contributed by atoms with Crippen LogP contribution in [0.2, 0.25) is 0 Å². The summed E-state index contributed by atoms with van der Waals surface area (Å²) in [6.07, 6.45) is 86.1. The topological polar surface area (TPSA) is 111 Å². The molecule has 492 valence electrons. The Balaban J connectivity index is 3.89. The van der Waals surface area contributed by atoms with Gasteiger partial charge in [-0.3, -0.25) is 14.2 Å². The van der Waals surface area contributed by atoms with E-state index in [1.807, 2.05) is 21.1 Å². The smallest absolute Gasteiger partial charge is 0.306 e. The maximum atomic E-state index is 12.9. The monoisotopic (exact) mass is 1200 g/mol. The van der Waals surface area contributed by atoms with Crippen LogP contribution < -0.4 is 4.89 Å². The molecule has 0 N–H and O–H groups in total. The molecule has 0 aromatic carbocycles. The van der Waals surface area contributed by atoms with E-state index in [1.54, 1.807) is 0 Å². The molecule has 84 heavy (non-hydrogen) atoms. The van der Waals surface area contributed by atoms with Gasteiger partial charge in [0, 0.05) is 12.8 Å². The van der Waals surface area contributed by atoms with Gasteiger partial charge in [-0.25, -0.2) is 0 Å². The number of quaternary nitrogens is 1. The third-order valence-corrected chi connectivity index (χ3v) is 17.0. The summed E-state index contributed by atoms with van der Waals surface area (Å²) in [4.78, 5) is 38.0. The maximum Gasteiger partial charge on any atom is 0.306 e. The number of phosphoric ester groups is 1. The van der Waals surface area contributed by atoms with Crippen LogP contribution in [0, 0.1) is 0 Å². The summed E-state index contributed by atoms with van der Waals surface area (Å²) in [5.41, 5.74) is 0. The molecule has 0 rings (SSSR count). The molecule has 0 bridgehead atoms. The van der Waals surface area contributed by atoms with Crippen LogP contribution in [-0.2, 0) is 32.7 Å². The molecule has 0 aliphatic heterocycles. The van der Waals surface area contributed by atoms with Gasteiger partial charge in [0.15, 0.2) is 6.10 Å². The van der Waals surface area contributed by atoms with Crippen molar-refractivity contribution in [3.05, 3.63) is 60.8 Å². The molecule has 9 nitrogen and oxygen atoms in total. The van der Waals surface area contributed by atoms with Gasteiger partial charge in [-0.1, -0.05) is 338 Å². The van der Waals surface area contributed by atoms with Gasteiger partial charge in [0.25, 0.3) is 7.82 Å². The second-order valence-corrected chi connectivity index (χ2v) is 27.0. The summed E-state index contributed by atoms with van der Waals surface area (Å²) in [6.45, 7) is 4.19. The van der Waals surface area contributed by atoms with Gasteiger partial charge in [0.1, 0.15) is 19.8 Å². The molecule has 0 heterocycles. The number of hydrogen-bond acceptors (Lipinski definition) is 8. The molecule has 10 heteroatoms. The van der Waals surface area contributed by atoms with Crippen LogP contribution in [-0.4, -0.2) is 70.0 Å². The second kappa shape index (κ2) is 65.2. The number of unbranched alkanes of at least 4 members (excludes halogenated alkanes) is 43. The van der Waals surface area contributed by atoms with Crippen molar-refractivity contribution in [1.29, 1.82) is 0 Å². The number of ether oxygens (including phenoxy) is 2. The third-order valence-electron chi connectivity index (χ3n) is 16.1. The fourth-order valence-corrected chi connectivity index (χ4v) is 11.3. The summed E-state index contributed by atoms with van der Waals surface area (Å²) in [5.74, 6) is -0.811. The SMILES string of the molecule is CC/C=C\C/C=C\C/C=C\C/C=C\C/C=C\CCCCCCCCCCCCCCCCCCCCCCCCCCCC(=O)OC(COC(=O)CCCCCCCCCCCCCCCCCCCCC)COP(=O)([O-])OCC[N+](C)(C)C. The number of carbonyl (C=O) groups excluding carboxylic acids is 2. The quantitative estimate of drug-likeness (QED) is 0.0195. The molecule has 2 unspecified atom stereocenters. The number of hydrogen-bond donors (Lipinski definition) is 0. The van der Waals surface area contributed by atoms with Gasteiger partial charge in [0.2, 0.25) is 0 Å². The first-order valence-electron chi connectivity index (χ1n) is 36.0. The Morgan fingerprint density at radius 3 is 1.01 bits per heavy atom. The van der Waals surface area contributed by atoms with E-state index in [9.17, 15) is 19.0 Å². The molecular formula is C74H138NO8P. The molecule has 0 spiro atoms. The minimum atomic E-state index is -4.64. The number of esters is 2. The molecule has 0 amide bonds. The minimum Gasteiger partial charge on any atom is -0.756 e. The van der Waals surface area contributed by atoms with Gasteiger partial charge in [-0.15, -0.1) is 0 Å². The Kier molecular flexibility index (Phi) is 63.4. The van der Waals surface area contributed by atoms with Crippen LogP contribution in [0.1, 0.15) is 348 Å². The van der Waals surface area contributed by atoms with E-state index in [0.717, 1.165) is 64.2 Å². The summed E-state index contributed by atoms with van der Waals surface area (Å²) < 4.78 is 34.3. The minimum absolute atomic E-state index is 0.0277. The summed E-state index contributed by atoms with van der Waals surface area (Å²) in [6, 6.07) is 0. The molecule has 2 atom stereocenters. The highest BCUT2D eigenvalue weighted by molar-refractivity contribution is 7.45.